The third kappa shape index (κ3) is 7.04. The minimum Gasteiger partial charge on any atom is -0.483 e. The molecule has 3 aromatic carbocycles. The van der Waals surface area contributed by atoms with Crippen molar-refractivity contribution in [2.75, 3.05) is 11.9 Å². The summed E-state index contributed by atoms with van der Waals surface area (Å²) in [6.45, 7) is 1.86. The van der Waals surface area contributed by atoms with Gasteiger partial charge in [0.05, 0.1) is 10.7 Å². The molecule has 0 aromatic heterocycles. The van der Waals surface area contributed by atoms with Gasteiger partial charge in [-0.05, 0) is 83.0 Å². The molecule has 0 saturated heterocycles. The van der Waals surface area contributed by atoms with E-state index in [1.807, 2.05) is 31.2 Å². The normalized spacial score (nSPS) is 10.7. The van der Waals surface area contributed by atoms with E-state index >= 15 is 0 Å². The monoisotopic (exact) mass is 543 g/mol. The van der Waals surface area contributed by atoms with E-state index < -0.39 is 0 Å². The molecule has 31 heavy (non-hydrogen) atoms. The number of nitrogens with zero attached hydrogens (tertiary/aromatic N) is 1. The molecular formula is C23H19Br2N3O3. The summed E-state index contributed by atoms with van der Waals surface area (Å²) in [6, 6.07) is 19.8. The lowest BCUT2D eigenvalue weighted by Gasteiger charge is -2.09. The fraction of sp³-hybridized carbons (Fsp3) is 0.0870. The maximum Gasteiger partial charge on any atom is 0.271 e. The summed E-state index contributed by atoms with van der Waals surface area (Å²) in [5, 5.41) is 6.76. The molecule has 0 atom stereocenters. The van der Waals surface area contributed by atoms with Gasteiger partial charge in [0.15, 0.2) is 6.61 Å². The van der Waals surface area contributed by atoms with Crippen LogP contribution in [0, 0.1) is 6.92 Å². The summed E-state index contributed by atoms with van der Waals surface area (Å²) in [5.41, 5.74) is 5.58. The van der Waals surface area contributed by atoms with Crippen molar-refractivity contribution in [3.63, 3.8) is 0 Å². The summed E-state index contributed by atoms with van der Waals surface area (Å²) >= 11 is 6.75. The highest BCUT2D eigenvalue weighted by atomic mass is 79.9. The van der Waals surface area contributed by atoms with E-state index in [1.54, 1.807) is 42.5 Å². The van der Waals surface area contributed by atoms with Crippen molar-refractivity contribution in [1.29, 1.82) is 0 Å². The lowest BCUT2D eigenvalue weighted by Crippen LogP contribution is -2.20. The molecular weight excluding hydrogens is 526 g/mol. The molecule has 6 nitrogen and oxygen atoms in total. The SMILES string of the molecule is Cc1ccc(NC(=O)COc2ccc(/C=N/NC(=O)c3ccc(Br)cc3)cc2Br)cc1. The zero-order valence-corrected chi connectivity index (χ0v) is 19.7. The number of anilines is 1. The van der Waals surface area contributed by atoms with Gasteiger partial charge in [0, 0.05) is 15.7 Å². The summed E-state index contributed by atoms with van der Waals surface area (Å²) in [6.07, 6.45) is 1.52. The molecule has 0 saturated carbocycles. The molecule has 0 aliphatic rings. The molecule has 3 aromatic rings. The van der Waals surface area contributed by atoms with Gasteiger partial charge in [-0.25, -0.2) is 5.43 Å². The highest BCUT2D eigenvalue weighted by molar-refractivity contribution is 9.10. The summed E-state index contributed by atoms with van der Waals surface area (Å²) in [7, 11) is 0. The van der Waals surface area contributed by atoms with Gasteiger partial charge in [-0.2, -0.15) is 5.10 Å². The van der Waals surface area contributed by atoms with E-state index in [1.165, 1.54) is 6.21 Å². The number of benzene rings is 3. The Morgan fingerprint density at radius 1 is 1.00 bits per heavy atom. The maximum absolute atomic E-state index is 12.1. The number of carbonyl (C=O) groups excluding carboxylic acids is 2. The zero-order valence-electron chi connectivity index (χ0n) is 16.6. The second kappa shape index (κ2) is 10.9. The van der Waals surface area contributed by atoms with E-state index in [9.17, 15) is 9.59 Å². The number of hydrogen-bond donors (Lipinski definition) is 2. The summed E-state index contributed by atoms with van der Waals surface area (Å²) < 4.78 is 7.14. The third-order valence-electron chi connectivity index (χ3n) is 4.14. The van der Waals surface area contributed by atoms with E-state index in [-0.39, 0.29) is 18.4 Å². The van der Waals surface area contributed by atoms with Gasteiger partial charge in [0.2, 0.25) is 0 Å². The summed E-state index contributed by atoms with van der Waals surface area (Å²) in [5.74, 6) is -0.0329. The maximum atomic E-state index is 12.1. The predicted molar refractivity (Wildman–Crippen MR) is 129 cm³/mol. The van der Waals surface area contributed by atoms with Crippen molar-refractivity contribution in [2.24, 2.45) is 5.10 Å². The number of nitrogens with one attached hydrogen (secondary N) is 2. The molecule has 158 valence electrons. The molecule has 0 unspecified atom stereocenters. The van der Waals surface area contributed by atoms with Crippen LogP contribution in [0.5, 0.6) is 5.75 Å². The van der Waals surface area contributed by atoms with Gasteiger partial charge in [0.25, 0.3) is 11.8 Å². The number of hydrogen-bond acceptors (Lipinski definition) is 4. The minimum absolute atomic E-state index is 0.122. The lowest BCUT2D eigenvalue weighted by molar-refractivity contribution is -0.118. The average molecular weight is 545 g/mol. The third-order valence-corrected chi connectivity index (χ3v) is 5.28. The molecule has 0 bridgehead atoms. The molecule has 3 rings (SSSR count). The van der Waals surface area contributed by atoms with Crippen molar-refractivity contribution < 1.29 is 14.3 Å². The summed E-state index contributed by atoms with van der Waals surface area (Å²) in [4.78, 5) is 24.1. The van der Waals surface area contributed by atoms with Crippen LogP contribution in [0.15, 0.2) is 80.8 Å². The van der Waals surface area contributed by atoms with Crippen molar-refractivity contribution in [2.45, 2.75) is 6.92 Å². The second-order valence-corrected chi connectivity index (χ2v) is 8.37. The molecule has 2 N–H and O–H groups in total. The van der Waals surface area contributed by atoms with Crippen LogP contribution in [0.4, 0.5) is 5.69 Å². The van der Waals surface area contributed by atoms with Crippen LogP contribution in [-0.2, 0) is 4.79 Å². The minimum atomic E-state index is -0.303. The van der Waals surface area contributed by atoms with Crippen LogP contribution >= 0.6 is 31.9 Å². The number of carbonyl (C=O) groups is 2. The first-order valence-corrected chi connectivity index (χ1v) is 10.9. The number of halogens is 2. The molecule has 8 heteroatoms. The Hall–Kier alpha value is -2.97. The Morgan fingerprint density at radius 2 is 1.71 bits per heavy atom. The van der Waals surface area contributed by atoms with Gasteiger partial charge in [-0.1, -0.05) is 33.6 Å². The number of amides is 2. The molecule has 0 spiro atoms. The fourth-order valence-corrected chi connectivity index (χ4v) is 3.30. The Bertz CT molecular complexity index is 1100. The van der Waals surface area contributed by atoms with Gasteiger partial charge >= 0.3 is 0 Å². The first-order chi connectivity index (χ1) is 14.9. The molecule has 2 amide bonds. The van der Waals surface area contributed by atoms with Gasteiger partial charge in [-0.15, -0.1) is 0 Å². The van der Waals surface area contributed by atoms with Crippen LogP contribution < -0.4 is 15.5 Å². The van der Waals surface area contributed by atoms with Crippen molar-refractivity contribution >= 4 is 55.6 Å². The fourth-order valence-electron chi connectivity index (χ4n) is 2.52. The van der Waals surface area contributed by atoms with Crippen LogP contribution in [0.25, 0.3) is 0 Å². The highest BCUT2D eigenvalue weighted by Crippen LogP contribution is 2.25. The van der Waals surface area contributed by atoms with Crippen molar-refractivity contribution in [3.8, 4) is 5.75 Å². The molecule has 0 heterocycles. The number of hydrazone groups is 1. The van der Waals surface area contributed by atoms with E-state index in [2.05, 4.69) is 47.7 Å². The largest absolute Gasteiger partial charge is 0.483 e. The Balaban J connectivity index is 1.51. The molecule has 0 aliphatic heterocycles. The second-order valence-electron chi connectivity index (χ2n) is 6.60. The predicted octanol–water partition coefficient (Wildman–Crippen LogP) is 5.30. The average Bonchev–Trinajstić information content (AvgIpc) is 2.75. The number of rotatable bonds is 7. The Kier molecular flexibility index (Phi) is 7.97. The van der Waals surface area contributed by atoms with Gasteiger partial charge in [-0.3, -0.25) is 9.59 Å². The Morgan fingerprint density at radius 3 is 2.39 bits per heavy atom. The van der Waals surface area contributed by atoms with Crippen LogP contribution in [0.3, 0.4) is 0 Å². The van der Waals surface area contributed by atoms with E-state index in [4.69, 9.17) is 4.74 Å². The van der Waals surface area contributed by atoms with Crippen LogP contribution in [0.1, 0.15) is 21.5 Å². The van der Waals surface area contributed by atoms with E-state index in [0.717, 1.165) is 21.3 Å². The van der Waals surface area contributed by atoms with Gasteiger partial charge in [0.1, 0.15) is 5.75 Å². The molecule has 0 fully saturated rings. The molecule has 0 aliphatic carbocycles. The smallest absolute Gasteiger partial charge is 0.271 e. The van der Waals surface area contributed by atoms with Gasteiger partial charge < -0.3 is 10.1 Å². The first kappa shape index (κ1) is 22.7. The number of ether oxygens (including phenoxy) is 1. The topological polar surface area (TPSA) is 79.8 Å². The number of aryl methyl sites for hydroxylation is 1. The molecule has 0 radical (unpaired) electrons. The van der Waals surface area contributed by atoms with Crippen molar-refractivity contribution in [3.05, 3.63) is 92.4 Å². The van der Waals surface area contributed by atoms with Crippen LogP contribution in [0.2, 0.25) is 0 Å². The highest BCUT2D eigenvalue weighted by Gasteiger charge is 2.07. The standard InChI is InChI=1S/C23H19Br2N3O3/c1-15-2-9-19(10-3-15)27-22(29)14-31-21-11-4-16(12-20(21)25)13-26-28-23(30)17-5-7-18(24)8-6-17/h2-13H,14H2,1H3,(H,27,29)(H,28,30)/b26-13+. The lowest BCUT2D eigenvalue weighted by atomic mass is 10.2. The van der Waals surface area contributed by atoms with Crippen molar-refractivity contribution in [1.82, 2.24) is 5.43 Å². The Labute approximate surface area is 197 Å². The first-order valence-electron chi connectivity index (χ1n) is 9.28. The van der Waals surface area contributed by atoms with Crippen LogP contribution in [-0.4, -0.2) is 24.6 Å². The quantitative estimate of drug-likeness (QED) is 0.313. The van der Waals surface area contributed by atoms with E-state index in [0.29, 0.717) is 15.8 Å². The zero-order chi connectivity index (χ0) is 22.2.